The Kier molecular flexibility index (Phi) is 6.71. The number of esters is 1. The van der Waals surface area contributed by atoms with Crippen LogP contribution in [0.3, 0.4) is 0 Å². The van der Waals surface area contributed by atoms with Gasteiger partial charge in [0.05, 0.1) is 39.5 Å². The van der Waals surface area contributed by atoms with Crippen molar-refractivity contribution < 1.29 is 40.7 Å². The normalized spacial score (nSPS) is 11.9. The van der Waals surface area contributed by atoms with Gasteiger partial charge in [0, 0.05) is 0 Å². The number of hydrogen-bond acceptors (Lipinski definition) is 4. The molecule has 0 bridgehead atoms. The van der Waals surface area contributed by atoms with Gasteiger partial charge in [-0.25, -0.2) is 9.48 Å². The van der Waals surface area contributed by atoms with E-state index in [2.05, 4.69) is 15.2 Å². The minimum Gasteiger partial charge on any atom is -0.452 e. The molecule has 0 aliphatic carbocycles. The minimum absolute atomic E-state index is 0.112. The molecular weight excluding hydrogens is 468 g/mol. The first-order valence-electron chi connectivity index (χ1n) is 9.65. The van der Waals surface area contributed by atoms with Crippen LogP contribution in [0.2, 0.25) is 0 Å². The maximum atomic E-state index is 13.0. The Morgan fingerprint density at radius 3 is 2.03 bits per heavy atom. The Morgan fingerprint density at radius 2 is 1.50 bits per heavy atom. The van der Waals surface area contributed by atoms with Gasteiger partial charge in [-0.1, -0.05) is 18.2 Å². The molecule has 0 aliphatic rings. The van der Waals surface area contributed by atoms with Crippen LogP contribution in [-0.4, -0.2) is 28.3 Å². The van der Waals surface area contributed by atoms with Crippen LogP contribution < -0.4 is 5.32 Å². The van der Waals surface area contributed by atoms with Crippen molar-refractivity contribution in [3.63, 3.8) is 0 Å². The van der Waals surface area contributed by atoms with Crippen LogP contribution in [0, 0.1) is 13.8 Å². The number of halogens is 6. The third kappa shape index (κ3) is 5.56. The Bertz CT molecular complexity index is 1180. The third-order valence-corrected chi connectivity index (χ3v) is 4.71. The molecule has 34 heavy (non-hydrogen) atoms. The van der Waals surface area contributed by atoms with Crippen molar-refractivity contribution in [1.29, 1.82) is 0 Å². The number of carbonyl (C=O) groups excluding carboxylic acids is 2. The van der Waals surface area contributed by atoms with E-state index >= 15 is 0 Å². The Labute approximate surface area is 189 Å². The molecule has 1 aromatic heterocycles. The number of benzene rings is 2. The first kappa shape index (κ1) is 24.8. The number of aryl methyl sites for hydroxylation is 1. The Balaban J connectivity index is 1.74. The van der Waals surface area contributed by atoms with E-state index in [4.69, 9.17) is 0 Å². The molecule has 3 aromatic rings. The summed E-state index contributed by atoms with van der Waals surface area (Å²) in [6.45, 7) is 2.36. The largest absolute Gasteiger partial charge is 0.452 e. The predicted molar refractivity (Wildman–Crippen MR) is 108 cm³/mol. The van der Waals surface area contributed by atoms with Crippen LogP contribution in [-0.2, 0) is 21.9 Å². The van der Waals surface area contributed by atoms with Gasteiger partial charge in [-0.3, -0.25) is 4.79 Å². The lowest BCUT2D eigenvalue weighted by molar-refractivity contribution is -0.143. The standard InChI is InChI=1S/C22H17F6N3O3/c1-12-19(13(2)31(30-12)17-6-4-3-5-7-17)29-18(32)11-34-20(33)14-8-15(21(23,24)25)10-16(9-14)22(26,27)28/h3-10H,11H2,1-2H3,(H,29,32). The van der Waals surface area contributed by atoms with Gasteiger partial charge in [-0.05, 0) is 44.2 Å². The second kappa shape index (κ2) is 9.20. The van der Waals surface area contributed by atoms with E-state index in [0.29, 0.717) is 17.1 Å². The summed E-state index contributed by atoms with van der Waals surface area (Å²) < 4.78 is 84.0. The number of aromatic nitrogens is 2. The summed E-state index contributed by atoms with van der Waals surface area (Å²) >= 11 is 0. The number of hydrogen-bond donors (Lipinski definition) is 1. The zero-order chi connectivity index (χ0) is 25.3. The van der Waals surface area contributed by atoms with E-state index in [-0.39, 0.29) is 18.2 Å². The zero-order valence-electron chi connectivity index (χ0n) is 17.7. The molecule has 6 nitrogen and oxygen atoms in total. The highest BCUT2D eigenvalue weighted by atomic mass is 19.4. The smallest absolute Gasteiger partial charge is 0.416 e. The molecule has 0 saturated carbocycles. The summed E-state index contributed by atoms with van der Waals surface area (Å²) in [6, 6.07) is 9.33. The van der Waals surface area contributed by atoms with Crippen molar-refractivity contribution in [2.24, 2.45) is 0 Å². The molecule has 180 valence electrons. The minimum atomic E-state index is -5.12. The first-order valence-corrected chi connectivity index (χ1v) is 9.65. The lowest BCUT2D eigenvalue weighted by atomic mass is 10.0. The molecule has 0 spiro atoms. The Morgan fingerprint density at radius 1 is 0.941 bits per heavy atom. The maximum absolute atomic E-state index is 13.0. The molecule has 1 N–H and O–H groups in total. The molecule has 0 saturated heterocycles. The molecule has 0 fully saturated rings. The lowest BCUT2D eigenvalue weighted by Gasteiger charge is -2.14. The number of nitrogens with one attached hydrogen (secondary N) is 1. The van der Waals surface area contributed by atoms with Gasteiger partial charge in [0.25, 0.3) is 5.91 Å². The fourth-order valence-electron chi connectivity index (χ4n) is 3.11. The number of carbonyl (C=O) groups is 2. The predicted octanol–water partition coefficient (Wildman–Crippen LogP) is 5.32. The highest BCUT2D eigenvalue weighted by Crippen LogP contribution is 2.36. The molecule has 0 aliphatic heterocycles. The van der Waals surface area contributed by atoms with Crippen molar-refractivity contribution >= 4 is 17.6 Å². The number of nitrogens with zero attached hydrogens (tertiary/aromatic N) is 2. The zero-order valence-corrected chi connectivity index (χ0v) is 17.7. The SMILES string of the molecule is Cc1nn(-c2ccccc2)c(C)c1NC(=O)COC(=O)c1cc(C(F)(F)F)cc(C(F)(F)F)c1. The number of rotatable bonds is 5. The molecule has 12 heteroatoms. The van der Waals surface area contributed by atoms with Crippen LogP contribution >= 0.6 is 0 Å². The number of ether oxygens (including phenoxy) is 1. The fraction of sp³-hybridized carbons (Fsp3) is 0.227. The van der Waals surface area contributed by atoms with Gasteiger partial charge in [0.15, 0.2) is 6.61 Å². The molecule has 0 atom stereocenters. The highest BCUT2D eigenvalue weighted by molar-refractivity contribution is 5.96. The third-order valence-electron chi connectivity index (χ3n) is 4.71. The van der Waals surface area contributed by atoms with Gasteiger partial charge in [-0.2, -0.15) is 31.4 Å². The van der Waals surface area contributed by atoms with Gasteiger partial charge in [0.1, 0.15) is 0 Å². The molecule has 0 unspecified atom stereocenters. The second-order valence-electron chi connectivity index (χ2n) is 7.21. The van der Waals surface area contributed by atoms with Gasteiger partial charge in [0.2, 0.25) is 0 Å². The number of para-hydroxylation sites is 1. The maximum Gasteiger partial charge on any atom is 0.416 e. The fourth-order valence-corrected chi connectivity index (χ4v) is 3.11. The van der Waals surface area contributed by atoms with E-state index in [1.165, 1.54) is 0 Å². The van der Waals surface area contributed by atoms with E-state index in [0.717, 1.165) is 5.69 Å². The van der Waals surface area contributed by atoms with E-state index < -0.39 is 47.5 Å². The molecule has 2 aromatic carbocycles. The highest BCUT2D eigenvalue weighted by Gasteiger charge is 2.37. The number of alkyl halides is 6. The van der Waals surface area contributed by atoms with Crippen molar-refractivity contribution in [3.05, 3.63) is 76.6 Å². The first-order chi connectivity index (χ1) is 15.8. The van der Waals surface area contributed by atoms with Crippen molar-refractivity contribution in [2.75, 3.05) is 11.9 Å². The van der Waals surface area contributed by atoms with Crippen LogP contribution in [0.1, 0.15) is 32.9 Å². The average Bonchev–Trinajstić information content (AvgIpc) is 3.04. The molecule has 1 heterocycles. The second-order valence-corrected chi connectivity index (χ2v) is 7.21. The van der Waals surface area contributed by atoms with Gasteiger partial charge >= 0.3 is 18.3 Å². The van der Waals surface area contributed by atoms with Gasteiger partial charge in [-0.15, -0.1) is 0 Å². The van der Waals surface area contributed by atoms with E-state index in [9.17, 15) is 35.9 Å². The molecule has 0 radical (unpaired) electrons. The summed E-state index contributed by atoms with van der Waals surface area (Å²) in [6.07, 6.45) is -10.2. The van der Waals surface area contributed by atoms with Crippen molar-refractivity contribution in [3.8, 4) is 5.69 Å². The lowest BCUT2D eigenvalue weighted by Crippen LogP contribution is -2.22. The molecular formula is C22H17F6N3O3. The van der Waals surface area contributed by atoms with Crippen LogP contribution in [0.5, 0.6) is 0 Å². The van der Waals surface area contributed by atoms with Crippen LogP contribution in [0.25, 0.3) is 5.69 Å². The average molecular weight is 485 g/mol. The topological polar surface area (TPSA) is 73.2 Å². The van der Waals surface area contributed by atoms with Gasteiger partial charge < -0.3 is 10.1 Å². The van der Waals surface area contributed by atoms with Crippen LogP contribution in [0.15, 0.2) is 48.5 Å². The summed E-state index contributed by atoms with van der Waals surface area (Å²) in [7, 11) is 0. The quantitative estimate of drug-likeness (QED) is 0.392. The number of anilines is 1. The van der Waals surface area contributed by atoms with Crippen molar-refractivity contribution in [1.82, 2.24) is 9.78 Å². The molecule has 3 rings (SSSR count). The van der Waals surface area contributed by atoms with E-state index in [1.54, 1.807) is 42.8 Å². The Hall–Kier alpha value is -3.83. The number of amides is 1. The summed E-state index contributed by atoms with van der Waals surface area (Å²) in [4.78, 5) is 24.4. The van der Waals surface area contributed by atoms with Crippen LogP contribution in [0.4, 0.5) is 32.0 Å². The summed E-state index contributed by atoms with van der Waals surface area (Å²) in [5.41, 5.74) is -2.29. The monoisotopic (exact) mass is 485 g/mol. The van der Waals surface area contributed by atoms with Crippen molar-refractivity contribution in [2.45, 2.75) is 26.2 Å². The molecule has 1 amide bonds. The summed E-state index contributed by atoms with van der Waals surface area (Å²) in [5.74, 6) is -2.37. The van der Waals surface area contributed by atoms with E-state index in [1.807, 2.05) is 6.07 Å². The summed E-state index contributed by atoms with van der Waals surface area (Å²) in [5, 5.41) is 6.81.